The molecular formula is C12H23Br2MgNO. The zero-order chi connectivity index (χ0) is 10.1. The van der Waals surface area contributed by atoms with Gasteiger partial charge in [0.1, 0.15) is 0 Å². The van der Waals surface area contributed by atoms with Crippen LogP contribution >= 0.6 is 0 Å². The van der Waals surface area contributed by atoms with Crippen LogP contribution in [0.4, 0.5) is 0 Å². The molecule has 0 bridgehead atoms. The zero-order valence-electron chi connectivity index (χ0n) is 10.6. The van der Waals surface area contributed by atoms with Crippen molar-refractivity contribution >= 4 is 29.0 Å². The van der Waals surface area contributed by atoms with E-state index in [0.717, 1.165) is 25.8 Å². The molecular weight excluding hydrogens is 358 g/mol. The van der Waals surface area contributed by atoms with Crippen LogP contribution in [0.25, 0.3) is 0 Å². The van der Waals surface area contributed by atoms with Gasteiger partial charge in [0.05, 0.1) is 0 Å². The Morgan fingerprint density at radius 2 is 1.12 bits per heavy atom. The van der Waals surface area contributed by atoms with Gasteiger partial charge in [0.2, 0.25) is 5.91 Å². The van der Waals surface area contributed by atoms with Gasteiger partial charge >= 0.3 is 23.1 Å². The first-order valence-electron chi connectivity index (χ1n) is 6.16. The van der Waals surface area contributed by atoms with Gasteiger partial charge in [0, 0.05) is 13.0 Å². The van der Waals surface area contributed by atoms with E-state index in [-0.39, 0.29) is 62.9 Å². The van der Waals surface area contributed by atoms with E-state index in [2.05, 4.69) is 5.32 Å². The largest absolute Gasteiger partial charge is 2.00 e. The fourth-order valence-corrected chi connectivity index (χ4v) is 1.96. The third-order valence-electron chi connectivity index (χ3n) is 2.90. The van der Waals surface area contributed by atoms with Crippen molar-refractivity contribution in [1.82, 2.24) is 5.32 Å². The van der Waals surface area contributed by atoms with Crippen LogP contribution in [0.15, 0.2) is 0 Å². The fraction of sp³-hybridized carbons (Fsp3) is 0.917. The van der Waals surface area contributed by atoms with Crippen LogP contribution < -0.4 is 39.3 Å². The van der Waals surface area contributed by atoms with E-state index in [0.29, 0.717) is 0 Å². The number of nitrogens with one attached hydrogen (secondary N) is 1. The Morgan fingerprint density at radius 1 is 0.706 bits per heavy atom. The zero-order valence-corrected chi connectivity index (χ0v) is 15.2. The molecule has 0 unspecified atom stereocenters. The summed E-state index contributed by atoms with van der Waals surface area (Å²) in [7, 11) is 0. The average molecular weight is 381 g/mol. The minimum atomic E-state index is 0. The Kier molecular flexibility index (Phi) is 23.6. The first-order chi connectivity index (χ1) is 6.89. The third-order valence-corrected chi connectivity index (χ3v) is 2.90. The molecule has 0 spiro atoms. The predicted molar refractivity (Wildman–Crippen MR) is 64.9 cm³/mol. The summed E-state index contributed by atoms with van der Waals surface area (Å²) in [5.41, 5.74) is 0. The van der Waals surface area contributed by atoms with Crippen LogP contribution in [-0.4, -0.2) is 35.5 Å². The standard InChI is InChI=1S/C12H23NO.2BrH.Mg/c14-12-10-8-6-4-2-1-3-5-7-9-11-13-12;;;/h1-11H2,(H,13,14);2*1H;/q;;;+2/p-2. The molecule has 1 saturated heterocycles. The summed E-state index contributed by atoms with van der Waals surface area (Å²) in [4.78, 5) is 11.3. The molecule has 0 aliphatic carbocycles. The van der Waals surface area contributed by atoms with Crippen molar-refractivity contribution in [3.8, 4) is 0 Å². The Labute approximate surface area is 143 Å². The van der Waals surface area contributed by atoms with E-state index in [1.165, 1.54) is 44.9 Å². The first kappa shape index (κ1) is 23.3. The minimum Gasteiger partial charge on any atom is -1.00 e. The molecule has 98 valence electrons. The molecule has 0 aromatic rings. The number of hydrogen-bond acceptors (Lipinski definition) is 1. The average Bonchev–Trinajstić information content (AvgIpc) is 2.20. The summed E-state index contributed by atoms with van der Waals surface area (Å²) < 4.78 is 0. The van der Waals surface area contributed by atoms with Crippen molar-refractivity contribution in [2.75, 3.05) is 6.54 Å². The van der Waals surface area contributed by atoms with Crippen molar-refractivity contribution < 1.29 is 38.8 Å². The summed E-state index contributed by atoms with van der Waals surface area (Å²) in [5, 5.41) is 2.98. The summed E-state index contributed by atoms with van der Waals surface area (Å²) in [6.45, 7) is 0.888. The molecule has 1 fully saturated rings. The summed E-state index contributed by atoms with van der Waals surface area (Å²) in [5.74, 6) is 0.254. The number of rotatable bonds is 0. The van der Waals surface area contributed by atoms with Crippen molar-refractivity contribution in [3.05, 3.63) is 0 Å². The smallest absolute Gasteiger partial charge is 1.00 e. The van der Waals surface area contributed by atoms with Crippen LogP contribution in [0, 0.1) is 0 Å². The molecule has 1 aliphatic heterocycles. The van der Waals surface area contributed by atoms with Crippen LogP contribution in [0.3, 0.4) is 0 Å². The second-order valence-electron chi connectivity index (χ2n) is 4.28. The molecule has 0 aromatic carbocycles. The third kappa shape index (κ3) is 15.1. The van der Waals surface area contributed by atoms with Gasteiger partial charge in [-0.05, 0) is 12.8 Å². The topological polar surface area (TPSA) is 29.1 Å². The van der Waals surface area contributed by atoms with E-state index in [1.54, 1.807) is 0 Å². The Balaban J connectivity index is -0.000000653. The van der Waals surface area contributed by atoms with Crippen LogP contribution in [0.1, 0.15) is 64.2 Å². The van der Waals surface area contributed by atoms with Gasteiger partial charge in [-0.3, -0.25) is 4.79 Å². The second kappa shape index (κ2) is 17.2. The predicted octanol–water partition coefficient (Wildman–Crippen LogP) is -3.36. The molecule has 0 saturated carbocycles. The molecule has 0 aromatic heterocycles. The quantitative estimate of drug-likeness (QED) is 0.437. The van der Waals surface area contributed by atoms with Crippen LogP contribution in [0.2, 0.25) is 0 Å². The van der Waals surface area contributed by atoms with Crippen molar-refractivity contribution in [3.63, 3.8) is 0 Å². The number of amides is 1. The van der Waals surface area contributed by atoms with Crippen molar-refractivity contribution in [1.29, 1.82) is 0 Å². The van der Waals surface area contributed by atoms with E-state index in [1.807, 2.05) is 0 Å². The molecule has 1 aliphatic rings. The van der Waals surface area contributed by atoms with Gasteiger partial charge in [-0.25, -0.2) is 0 Å². The monoisotopic (exact) mass is 379 g/mol. The maximum atomic E-state index is 11.3. The van der Waals surface area contributed by atoms with Gasteiger partial charge in [-0.2, -0.15) is 0 Å². The molecule has 1 heterocycles. The Hall–Kier alpha value is 1.20. The van der Waals surface area contributed by atoms with E-state index in [9.17, 15) is 4.79 Å². The number of carbonyl (C=O) groups excluding carboxylic acids is 1. The van der Waals surface area contributed by atoms with E-state index in [4.69, 9.17) is 0 Å². The molecule has 2 nitrogen and oxygen atoms in total. The number of halogens is 2. The van der Waals surface area contributed by atoms with E-state index >= 15 is 0 Å². The minimum absolute atomic E-state index is 0. The van der Waals surface area contributed by atoms with Crippen LogP contribution in [-0.2, 0) is 4.79 Å². The molecule has 1 N–H and O–H groups in total. The number of hydrogen-bond donors (Lipinski definition) is 1. The summed E-state index contributed by atoms with van der Waals surface area (Å²) >= 11 is 0. The maximum Gasteiger partial charge on any atom is 2.00 e. The van der Waals surface area contributed by atoms with Gasteiger partial charge in [0.15, 0.2) is 0 Å². The van der Waals surface area contributed by atoms with Gasteiger partial charge in [-0.1, -0.05) is 44.9 Å². The second-order valence-corrected chi connectivity index (χ2v) is 4.28. The van der Waals surface area contributed by atoms with Crippen molar-refractivity contribution in [2.45, 2.75) is 64.2 Å². The van der Waals surface area contributed by atoms with Gasteiger partial charge < -0.3 is 39.3 Å². The van der Waals surface area contributed by atoms with Crippen LogP contribution in [0.5, 0.6) is 0 Å². The fourth-order valence-electron chi connectivity index (χ4n) is 1.96. The normalized spacial score (nSPS) is 18.7. The molecule has 1 amide bonds. The molecule has 17 heavy (non-hydrogen) atoms. The first-order valence-corrected chi connectivity index (χ1v) is 6.16. The Morgan fingerprint density at radius 3 is 1.65 bits per heavy atom. The van der Waals surface area contributed by atoms with Crippen molar-refractivity contribution in [2.24, 2.45) is 0 Å². The SMILES string of the molecule is O=C1CCCCCCCCCCCN1.[Br-].[Br-].[Mg+2]. The number of carbonyl (C=O) groups is 1. The molecule has 1 rings (SSSR count). The van der Waals surface area contributed by atoms with Gasteiger partial charge in [0.25, 0.3) is 0 Å². The summed E-state index contributed by atoms with van der Waals surface area (Å²) in [6, 6.07) is 0. The Bertz CT molecular complexity index is 155. The summed E-state index contributed by atoms with van der Waals surface area (Å²) in [6.07, 6.45) is 12.3. The molecule has 0 radical (unpaired) electrons. The maximum absolute atomic E-state index is 11.3. The van der Waals surface area contributed by atoms with Gasteiger partial charge in [-0.15, -0.1) is 0 Å². The molecule has 5 heteroatoms. The molecule has 0 atom stereocenters. The van der Waals surface area contributed by atoms with E-state index < -0.39 is 0 Å².